The summed E-state index contributed by atoms with van der Waals surface area (Å²) in [6.07, 6.45) is 3.50. The highest BCUT2D eigenvalue weighted by atomic mass is 14.6. The number of pyridine rings is 1. The van der Waals surface area contributed by atoms with Gasteiger partial charge in [0.1, 0.15) is 0 Å². The van der Waals surface area contributed by atoms with Crippen LogP contribution in [-0.4, -0.2) is 4.98 Å². The summed E-state index contributed by atoms with van der Waals surface area (Å²) in [7, 11) is 0. The van der Waals surface area contributed by atoms with Crippen molar-refractivity contribution in [3.8, 4) is 0 Å². The Morgan fingerprint density at radius 3 is 1.54 bits per heavy atom. The summed E-state index contributed by atoms with van der Waals surface area (Å²) >= 11 is 0. The molecule has 0 saturated carbocycles. The van der Waals surface area contributed by atoms with Crippen molar-refractivity contribution in [1.29, 1.82) is 0 Å². The number of benzene rings is 1. The van der Waals surface area contributed by atoms with E-state index < -0.39 is 0 Å². The van der Waals surface area contributed by atoms with Gasteiger partial charge in [-0.25, -0.2) is 0 Å². The van der Waals surface area contributed by atoms with Gasteiger partial charge < -0.3 is 0 Å². The Labute approximate surface area is 79.1 Å². The molecule has 1 heterocycles. The molecule has 1 radical (unpaired) electrons. The number of rotatable bonds is 0. The topological polar surface area (TPSA) is 12.9 Å². The normalized spacial score (nSPS) is 8.38. The van der Waals surface area contributed by atoms with E-state index in [0.717, 1.165) is 5.56 Å². The first kappa shape index (κ1) is 9.46. The predicted octanol–water partition coefficient (Wildman–Crippen LogP) is 2.95. The highest BCUT2D eigenvalue weighted by Crippen LogP contribution is 1.92. The van der Waals surface area contributed by atoms with Crippen LogP contribution in [0.5, 0.6) is 0 Å². The minimum absolute atomic E-state index is 1.07. The van der Waals surface area contributed by atoms with Crippen molar-refractivity contribution in [2.45, 2.75) is 0 Å². The Morgan fingerprint density at radius 1 is 0.769 bits per heavy atom. The van der Waals surface area contributed by atoms with Crippen LogP contribution < -0.4 is 0 Å². The first-order chi connectivity index (χ1) is 6.39. The molecule has 0 atom stereocenters. The lowest BCUT2D eigenvalue weighted by Crippen LogP contribution is -1.62. The largest absolute Gasteiger partial charge is 0.265 e. The lowest BCUT2D eigenvalue weighted by Gasteiger charge is -1.82. The smallest absolute Gasteiger partial charge is 0.0267 e. The van der Waals surface area contributed by atoms with Gasteiger partial charge in [-0.15, -0.1) is 0 Å². The molecule has 1 heteroatoms. The van der Waals surface area contributed by atoms with Crippen LogP contribution >= 0.6 is 0 Å². The molecular formula is C12H12N. The van der Waals surface area contributed by atoms with Crippen molar-refractivity contribution in [2.24, 2.45) is 0 Å². The molecule has 1 aromatic heterocycles. The summed E-state index contributed by atoms with van der Waals surface area (Å²) in [5, 5.41) is 0. The van der Waals surface area contributed by atoms with E-state index in [1.165, 1.54) is 0 Å². The van der Waals surface area contributed by atoms with Gasteiger partial charge in [0.05, 0.1) is 0 Å². The molecule has 0 aliphatic rings. The molecule has 2 aromatic rings. The van der Waals surface area contributed by atoms with Crippen molar-refractivity contribution in [3.05, 3.63) is 73.4 Å². The third-order valence-corrected chi connectivity index (χ3v) is 1.41. The second-order valence-corrected chi connectivity index (χ2v) is 2.51. The molecule has 0 saturated heterocycles. The predicted molar refractivity (Wildman–Crippen MR) is 55.1 cm³/mol. The first-order valence-corrected chi connectivity index (χ1v) is 4.11. The number of hydrogen-bond donors (Lipinski definition) is 0. The quantitative estimate of drug-likeness (QED) is 0.592. The second-order valence-electron chi connectivity index (χ2n) is 2.51. The van der Waals surface area contributed by atoms with Crippen LogP contribution in [0.4, 0.5) is 0 Å². The van der Waals surface area contributed by atoms with Gasteiger partial charge in [-0.3, -0.25) is 4.98 Å². The van der Waals surface area contributed by atoms with Crippen LogP contribution in [0, 0.1) is 6.92 Å². The molecule has 65 valence electrons. The van der Waals surface area contributed by atoms with Gasteiger partial charge in [-0.2, -0.15) is 0 Å². The molecule has 0 unspecified atom stereocenters. The summed E-state index contributed by atoms with van der Waals surface area (Å²) in [6, 6.07) is 15.6. The molecule has 0 N–H and O–H groups in total. The van der Waals surface area contributed by atoms with Crippen molar-refractivity contribution < 1.29 is 0 Å². The van der Waals surface area contributed by atoms with E-state index >= 15 is 0 Å². The van der Waals surface area contributed by atoms with Crippen LogP contribution in [0.25, 0.3) is 0 Å². The van der Waals surface area contributed by atoms with E-state index in [2.05, 4.69) is 11.9 Å². The minimum atomic E-state index is 1.07. The zero-order valence-electron chi connectivity index (χ0n) is 7.43. The van der Waals surface area contributed by atoms with Crippen molar-refractivity contribution in [2.75, 3.05) is 0 Å². The van der Waals surface area contributed by atoms with Gasteiger partial charge in [-0.05, 0) is 24.6 Å². The number of hydrogen-bond acceptors (Lipinski definition) is 1. The lowest BCUT2D eigenvalue weighted by atomic mass is 10.2. The van der Waals surface area contributed by atoms with Crippen LogP contribution in [0.1, 0.15) is 5.56 Å². The fourth-order valence-electron chi connectivity index (χ4n) is 0.791. The Balaban J connectivity index is 0.000000132. The molecule has 0 aliphatic carbocycles. The fraction of sp³-hybridized carbons (Fsp3) is 0. The fourth-order valence-corrected chi connectivity index (χ4v) is 0.791. The van der Waals surface area contributed by atoms with Crippen LogP contribution in [0.2, 0.25) is 0 Å². The molecule has 2 rings (SSSR count). The monoisotopic (exact) mass is 170 g/mol. The van der Waals surface area contributed by atoms with E-state index in [4.69, 9.17) is 0 Å². The zero-order chi connectivity index (χ0) is 9.36. The van der Waals surface area contributed by atoms with Crippen LogP contribution in [-0.2, 0) is 0 Å². The Bertz CT molecular complexity index is 276. The highest BCUT2D eigenvalue weighted by Gasteiger charge is 1.72. The van der Waals surface area contributed by atoms with Gasteiger partial charge in [-0.1, -0.05) is 36.4 Å². The summed E-state index contributed by atoms with van der Waals surface area (Å²) in [6.45, 7) is 3.72. The van der Waals surface area contributed by atoms with Crippen molar-refractivity contribution in [1.82, 2.24) is 4.98 Å². The van der Waals surface area contributed by atoms with E-state index in [1.54, 1.807) is 12.4 Å². The Morgan fingerprint density at radius 2 is 1.31 bits per heavy atom. The minimum Gasteiger partial charge on any atom is -0.265 e. The zero-order valence-corrected chi connectivity index (χ0v) is 7.43. The molecule has 0 spiro atoms. The maximum atomic E-state index is 3.78. The SMILES string of the molecule is [CH2]c1ccccc1.c1ccncc1. The molecule has 0 amide bonds. The van der Waals surface area contributed by atoms with Gasteiger partial charge in [0.25, 0.3) is 0 Å². The molecule has 1 nitrogen and oxygen atoms in total. The first-order valence-electron chi connectivity index (χ1n) is 4.11. The second kappa shape index (κ2) is 5.95. The highest BCUT2D eigenvalue weighted by molar-refractivity contribution is 5.16. The average molecular weight is 170 g/mol. The van der Waals surface area contributed by atoms with Crippen LogP contribution in [0.3, 0.4) is 0 Å². The molecule has 13 heavy (non-hydrogen) atoms. The number of aromatic nitrogens is 1. The standard InChI is InChI=1S/C7H7.C5H5N/c1-7-5-3-2-4-6-7;1-2-4-6-5-3-1/h2-6H,1H2;1-5H. The Kier molecular flexibility index (Phi) is 4.33. The molecule has 0 bridgehead atoms. The number of nitrogens with zero attached hydrogens (tertiary/aromatic N) is 1. The molecule has 0 aliphatic heterocycles. The summed E-state index contributed by atoms with van der Waals surface area (Å²) in [4.78, 5) is 3.78. The lowest BCUT2D eigenvalue weighted by molar-refractivity contribution is 1.33. The van der Waals surface area contributed by atoms with Gasteiger partial charge in [0.2, 0.25) is 0 Å². The molecular weight excluding hydrogens is 158 g/mol. The van der Waals surface area contributed by atoms with Gasteiger partial charge in [0.15, 0.2) is 0 Å². The van der Waals surface area contributed by atoms with E-state index in [0.29, 0.717) is 0 Å². The molecule has 1 aromatic carbocycles. The van der Waals surface area contributed by atoms with Crippen molar-refractivity contribution in [3.63, 3.8) is 0 Å². The van der Waals surface area contributed by atoms with Gasteiger partial charge in [0, 0.05) is 12.4 Å². The van der Waals surface area contributed by atoms with Crippen LogP contribution in [0.15, 0.2) is 60.9 Å². The summed E-state index contributed by atoms with van der Waals surface area (Å²) < 4.78 is 0. The average Bonchev–Trinajstić information content (AvgIpc) is 2.22. The van der Waals surface area contributed by atoms with Crippen molar-refractivity contribution >= 4 is 0 Å². The molecule has 0 fully saturated rings. The summed E-state index contributed by atoms with van der Waals surface area (Å²) in [5.74, 6) is 0. The van der Waals surface area contributed by atoms with Gasteiger partial charge >= 0.3 is 0 Å². The van der Waals surface area contributed by atoms with E-state index in [1.807, 2.05) is 48.5 Å². The maximum Gasteiger partial charge on any atom is 0.0267 e. The third-order valence-electron chi connectivity index (χ3n) is 1.41. The van der Waals surface area contributed by atoms with E-state index in [-0.39, 0.29) is 0 Å². The Hall–Kier alpha value is -1.63. The van der Waals surface area contributed by atoms with E-state index in [9.17, 15) is 0 Å². The maximum absolute atomic E-state index is 3.78. The third kappa shape index (κ3) is 4.75. The summed E-state index contributed by atoms with van der Waals surface area (Å²) in [5.41, 5.74) is 1.07.